The highest BCUT2D eigenvalue weighted by atomic mass is 79.9. The fourth-order valence-corrected chi connectivity index (χ4v) is 3.98. The van der Waals surface area contributed by atoms with E-state index in [9.17, 15) is 10.1 Å². The normalized spacial score (nSPS) is 10.5. The van der Waals surface area contributed by atoms with E-state index in [0.29, 0.717) is 5.56 Å². The number of H-pyrrole nitrogens is 1. The van der Waals surface area contributed by atoms with Crippen LogP contribution in [0.5, 0.6) is 0 Å². The van der Waals surface area contributed by atoms with Gasteiger partial charge in [-0.1, -0.05) is 23.8 Å². The highest BCUT2D eigenvalue weighted by Crippen LogP contribution is 2.36. The van der Waals surface area contributed by atoms with Crippen LogP contribution < -0.4 is 5.56 Å². The van der Waals surface area contributed by atoms with Crippen molar-refractivity contribution in [3.8, 4) is 27.8 Å². The van der Waals surface area contributed by atoms with Gasteiger partial charge in [-0.2, -0.15) is 5.26 Å². The first-order valence-electron chi connectivity index (χ1n) is 7.00. The van der Waals surface area contributed by atoms with Crippen LogP contribution in [0.1, 0.15) is 16.0 Å². The number of aryl methyl sites for hydroxylation is 2. The lowest BCUT2D eigenvalue weighted by molar-refractivity contribution is 1.22. The molecule has 114 valence electrons. The van der Waals surface area contributed by atoms with Crippen molar-refractivity contribution in [3.05, 3.63) is 67.2 Å². The van der Waals surface area contributed by atoms with Gasteiger partial charge in [0.15, 0.2) is 0 Å². The third-order valence-corrected chi connectivity index (χ3v) is 5.77. The van der Waals surface area contributed by atoms with Gasteiger partial charge in [-0.15, -0.1) is 11.3 Å². The van der Waals surface area contributed by atoms with E-state index >= 15 is 0 Å². The van der Waals surface area contributed by atoms with Crippen LogP contribution in [0.4, 0.5) is 0 Å². The minimum absolute atomic E-state index is 0.148. The fraction of sp³-hybridized carbons (Fsp3) is 0.111. The Morgan fingerprint density at radius 1 is 1.22 bits per heavy atom. The van der Waals surface area contributed by atoms with E-state index in [2.05, 4.69) is 20.9 Å². The molecule has 0 amide bonds. The Bertz CT molecular complexity index is 975. The van der Waals surface area contributed by atoms with Gasteiger partial charge >= 0.3 is 0 Å². The maximum Gasteiger partial charge on any atom is 0.267 e. The van der Waals surface area contributed by atoms with Crippen molar-refractivity contribution < 1.29 is 0 Å². The molecule has 0 saturated heterocycles. The molecule has 3 nitrogen and oxygen atoms in total. The molecule has 0 aliphatic rings. The number of aromatic nitrogens is 1. The summed E-state index contributed by atoms with van der Waals surface area (Å²) in [5.41, 5.74) is 3.23. The van der Waals surface area contributed by atoms with Crippen molar-refractivity contribution in [3.63, 3.8) is 0 Å². The average Bonchev–Trinajstić information content (AvgIpc) is 2.86. The molecule has 0 saturated carbocycles. The lowest BCUT2D eigenvalue weighted by atomic mass is 10.0. The smallest absolute Gasteiger partial charge is 0.267 e. The summed E-state index contributed by atoms with van der Waals surface area (Å²) in [5.74, 6) is 0. The van der Waals surface area contributed by atoms with E-state index in [1.807, 2.05) is 56.3 Å². The molecule has 0 aliphatic carbocycles. The summed E-state index contributed by atoms with van der Waals surface area (Å²) in [6.07, 6.45) is 0. The van der Waals surface area contributed by atoms with Crippen LogP contribution in [0, 0.1) is 25.2 Å². The zero-order chi connectivity index (χ0) is 16.6. The van der Waals surface area contributed by atoms with E-state index in [-0.39, 0.29) is 11.1 Å². The number of nitrogens with one attached hydrogen (secondary N) is 1. The van der Waals surface area contributed by atoms with Crippen molar-refractivity contribution in [2.24, 2.45) is 0 Å². The number of nitriles is 1. The summed E-state index contributed by atoms with van der Waals surface area (Å²) in [4.78, 5) is 17.2. The first kappa shape index (κ1) is 15.7. The Hall–Kier alpha value is -2.16. The molecule has 0 aliphatic heterocycles. The van der Waals surface area contributed by atoms with Gasteiger partial charge in [-0.3, -0.25) is 4.79 Å². The fourth-order valence-electron chi connectivity index (χ4n) is 2.43. The van der Waals surface area contributed by atoms with Crippen LogP contribution in [0.25, 0.3) is 21.7 Å². The molecule has 0 unspecified atom stereocenters. The van der Waals surface area contributed by atoms with E-state index < -0.39 is 0 Å². The molecule has 3 aromatic rings. The van der Waals surface area contributed by atoms with E-state index in [4.69, 9.17) is 0 Å². The number of thiophene rings is 1. The second kappa shape index (κ2) is 6.15. The van der Waals surface area contributed by atoms with Crippen molar-refractivity contribution in [2.75, 3.05) is 0 Å². The first-order chi connectivity index (χ1) is 11.0. The molecule has 3 rings (SSSR count). The zero-order valence-electron chi connectivity index (χ0n) is 12.6. The van der Waals surface area contributed by atoms with Gasteiger partial charge in [-0.25, -0.2) is 0 Å². The highest BCUT2D eigenvalue weighted by molar-refractivity contribution is 9.10. The number of hydrogen-bond acceptors (Lipinski definition) is 3. The third-order valence-electron chi connectivity index (χ3n) is 3.60. The van der Waals surface area contributed by atoms with Crippen LogP contribution in [0.2, 0.25) is 0 Å². The SMILES string of the molecule is Cc1cccc(-c2cc(-c3cc(Br)c(C)s3)c(C#N)c(=O)[nH]2)c1. The molecule has 0 bridgehead atoms. The Kier molecular flexibility index (Phi) is 4.20. The van der Waals surface area contributed by atoms with Crippen LogP contribution in [-0.2, 0) is 0 Å². The number of benzene rings is 1. The first-order valence-corrected chi connectivity index (χ1v) is 8.61. The van der Waals surface area contributed by atoms with Gasteiger partial charge in [0, 0.05) is 25.5 Å². The van der Waals surface area contributed by atoms with Gasteiger partial charge in [0.1, 0.15) is 11.6 Å². The summed E-state index contributed by atoms with van der Waals surface area (Å²) >= 11 is 5.05. The lowest BCUT2D eigenvalue weighted by Gasteiger charge is -2.07. The number of nitrogens with zero attached hydrogens (tertiary/aromatic N) is 1. The van der Waals surface area contributed by atoms with Crippen molar-refractivity contribution in [1.29, 1.82) is 5.26 Å². The van der Waals surface area contributed by atoms with E-state index in [1.54, 1.807) is 11.3 Å². The second-order valence-electron chi connectivity index (χ2n) is 5.30. The molecule has 0 fully saturated rings. The van der Waals surface area contributed by atoms with E-state index in [0.717, 1.165) is 31.0 Å². The van der Waals surface area contributed by atoms with Gasteiger partial charge in [-0.05, 0) is 53.5 Å². The molecule has 0 atom stereocenters. The standard InChI is InChI=1S/C18H13BrN2OS/c1-10-4-3-5-12(6-10)16-7-13(14(9-20)18(22)21-16)17-8-15(19)11(2)23-17/h3-8H,1-2H3,(H,21,22). The molecule has 0 spiro atoms. The minimum atomic E-state index is -0.358. The minimum Gasteiger partial charge on any atom is -0.321 e. The number of hydrogen-bond donors (Lipinski definition) is 1. The van der Waals surface area contributed by atoms with Crippen LogP contribution in [0.3, 0.4) is 0 Å². The van der Waals surface area contributed by atoms with Gasteiger partial charge in [0.25, 0.3) is 5.56 Å². The Balaban J connectivity index is 2.26. The predicted molar refractivity (Wildman–Crippen MR) is 97.7 cm³/mol. The quantitative estimate of drug-likeness (QED) is 0.673. The number of halogens is 1. The molecule has 2 heterocycles. The summed E-state index contributed by atoms with van der Waals surface area (Å²) < 4.78 is 0.985. The molecule has 23 heavy (non-hydrogen) atoms. The molecule has 1 N–H and O–H groups in total. The lowest BCUT2D eigenvalue weighted by Crippen LogP contribution is -2.12. The Morgan fingerprint density at radius 2 is 2.00 bits per heavy atom. The van der Waals surface area contributed by atoms with Crippen LogP contribution >= 0.6 is 27.3 Å². The summed E-state index contributed by atoms with van der Waals surface area (Å²) in [6, 6.07) is 13.8. The topological polar surface area (TPSA) is 56.6 Å². The van der Waals surface area contributed by atoms with E-state index in [1.165, 1.54) is 0 Å². The van der Waals surface area contributed by atoms with Gasteiger partial charge in [0.2, 0.25) is 0 Å². The average molecular weight is 385 g/mol. The Labute approximate surface area is 146 Å². The largest absolute Gasteiger partial charge is 0.321 e. The monoisotopic (exact) mass is 384 g/mol. The molecule has 5 heteroatoms. The maximum atomic E-state index is 12.3. The summed E-state index contributed by atoms with van der Waals surface area (Å²) in [7, 11) is 0. The van der Waals surface area contributed by atoms with Gasteiger partial charge < -0.3 is 4.98 Å². The van der Waals surface area contributed by atoms with Crippen LogP contribution in [-0.4, -0.2) is 4.98 Å². The van der Waals surface area contributed by atoms with Crippen molar-refractivity contribution in [1.82, 2.24) is 4.98 Å². The number of pyridine rings is 1. The molecular formula is C18H13BrN2OS. The van der Waals surface area contributed by atoms with Gasteiger partial charge in [0.05, 0.1) is 0 Å². The maximum absolute atomic E-state index is 12.3. The van der Waals surface area contributed by atoms with Crippen LogP contribution in [0.15, 0.2) is 45.7 Å². The summed E-state index contributed by atoms with van der Waals surface area (Å²) in [6.45, 7) is 4.00. The number of aromatic amines is 1. The second-order valence-corrected chi connectivity index (χ2v) is 7.41. The van der Waals surface area contributed by atoms with Crippen molar-refractivity contribution >= 4 is 27.3 Å². The molecule has 2 aromatic heterocycles. The third kappa shape index (κ3) is 3.00. The molecule has 0 radical (unpaired) electrons. The van der Waals surface area contributed by atoms with Crippen molar-refractivity contribution in [2.45, 2.75) is 13.8 Å². The molecule has 1 aromatic carbocycles. The number of rotatable bonds is 2. The summed E-state index contributed by atoms with van der Waals surface area (Å²) in [5, 5.41) is 9.37. The molecular weight excluding hydrogens is 372 g/mol. The predicted octanol–water partition coefficient (Wildman–Crippen LogP) is 5.02. The Morgan fingerprint density at radius 3 is 2.61 bits per heavy atom. The zero-order valence-corrected chi connectivity index (χ0v) is 15.0. The highest BCUT2D eigenvalue weighted by Gasteiger charge is 2.15.